The Morgan fingerprint density at radius 3 is 2.76 bits per heavy atom. The standard InChI is InChI=1S/C11H12N2O4/c1-3-7-12(2)10-8(11(14)15)5-4-6-9(10)13(16)17/h3-6H,1,7H2,2H3,(H,14,15). The lowest BCUT2D eigenvalue weighted by molar-refractivity contribution is -0.384. The summed E-state index contributed by atoms with van der Waals surface area (Å²) in [6.07, 6.45) is 1.54. The average Bonchev–Trinajstić information content (AvgIpc) is 2.28. The van der Waals surface area contributed by atoms with E-state index in [1.54, 1.807) is 13.1 Å². The number of anilines is 1. The van der Waals surface area contributed by atoms with Gasteiger partial charge in [0.2, 0.25) is 0 Å². The van der Waals surface area contributed by atoms with E-state index < -0.39 is 10.9 Å². The van der Waals surface area contributed by atoms with Crippen molar-refractivity contribution in [2.45, 2.75) is 0 Å². The van der Waals surface area contributed by atoms with Crippen molar-refractivity contribution in [1.29, 1.82) is 0 Å². The number of benzene rings is 1. The minimum absolute atomic E-state index is 0.0879. The molecule has 0 unspecified atom stereocenters. The average molecular weight is 236 g/mol. The van der Waals surface area contributed by atoms with Crippen molar-refractivity contribution >= 4 is 17.3 Å². The molecule has 0 heterocycles. The van der Waals surface area contributed by atoms with E-state index >= 15 is 0 Å². The maximum absolute atomic E-state index is 11.0. The monoisotopic (exact) mass is 236 g/mol. The van der Waals surface area contributed by atoms with E-state index in [2.05, 4.69) is 6.58 Å². The van der Waals surface area contributed by atoms with E-state index in [-0.39, 0.29) is 16.9 Å². The maximum Gasteiger partial charge on any atom is 0.338 e. The molecule has 0 aliphatic carbocycles. The Labute approximate surface area is 97.9 Å². The highest BCUT2D eigenvalue weighted by atomic mass is 16.6. The van der Waals surface area contributed by atoms with Crippen molar-refractivity contribution in [2.24, 2.45) is 0 Å². The molecule has 0 atom stereocenters. The van der Waals surface area contributed by atoms with Gasteiger partial charge in [0.1, 0.15) is 5.69 Å². The number of rotatable bonds is 5. The molecule has 1 N–H and O–H groups in total. The van der Waals surface area contributed by atoms with Crippen molar-refractivity contribution in [3.63, 3.8) is 0 Å². The molecule has 1 aromatic carbocycles. The summed E-state index contributed by atoms with van der Waals surface area (Å²) in [5.74, 6) is -1.19. The van der Waals surface area contributed by atoms with Gasteiger partial charge in [0.05, 0.1) is 10.5 Å². The second kappa shape index (κ2) is 5.11. The summed E-state index contributed by atoms with van der Waals surface area (Å²) in [6, 6.07) is 3.97. The molecule has 1 aromatic rings. The number of carboxylic acids is 1. The van der Waals surface area contributed by atoms with Crippen LogP contribution in [0.25, 0.3) is 0 Å². The number of hydrogen-bond donors (Lipinski definition) is 1. The van der Waals surface area contributed by atoms with Gasteiger partial charge in [0, 0.05) is 19.7 Å². The fourth-order valence-corrected chi connectivity index (χ4v) is 1.54. The van der Waals surface area contributed by atoms with Crippen LogP contribution in [0.3, 0.4) is 0 Å². The third kappa shape index (κ3) is 2.60. The summed E-state index contributed by atoms with van der Waals surface area (Å²) in [4.78, 5) is 22.8. The van der Waals surface area contributed by atoms with E-state index in [4.69, 9.17) is 5.11 Å². The topological polar surface area (TPSA) is 83.7 Å². The van der Waals surface area contributed by atoms with Gasteiger partial charge in [-0.15, -0.1) is 6.58 Å². The Hall–Kier alpha value is -2.37. The van der Waals surface area contributed by atoms with Crippen LogP contribution in [0, 0.1) is 10.1 Å². The van der Waals surface area contributed by atoms with Crippen molar-refractivity contribution in [2.75, 3.05) is 18.5 Å². The lowest BCUT2D eigenvalue weighted by atomic mass is 10.1. The largest absolute Gasteiger partial charge is 0.478 e. The predicted molar refractivity (Wildman–Crippen MR) is 63.5 cm³/mol. The zero-order valence-corrected chi connectivity index (χ0v) is 9.29. The normalized spacial score (nSPS) is 9.71. The molecule has 0 amide bonds. The van der Waals surface area contributed by atoms with Gasteiger partial charge in [-0.05, 0) is 6.07 Å². The number of hydrogen-bond acceptors (Lipinski definition) is 4. The Morgan fingerprint density at radius 1 is 1.65 bits per heavy atom. The molecule has 0 saturated carbocycles. The summed E-state index contributed by atoms with van der Waals surface area (Å²) in [5.41, 5.74) is -0.234. The van der Waals surface area contributed by atoms with Crippen LogP contribution in [0.5, 0.6) is 0 Å². The number of para-hydroxylation sites is 1. The fourth-order valence-electron chi connectivity index (χ4n) is 1.54. The van der Waals surface area contributed by atoms with Gasteiger partial charge < -0.3 is 10.0 Å². The van der Waals surface area contributed by atoms with E-state index in [1.807, 2.05) is 0 Å². The van der Waals surface area contributed by atoms with Crippen LogP contribution >= 0.6 is 0 Å². The summed E-state index contributed by atoms with van der Waals surface area (Å²) < 4.78 is 0. The molecule has 1 rings (SSSR count). The zero-order valence-electron chi connectivity index (χ0n) is 9.29. The number of likely N-dealkylation sites (N-methyl/N-ethyl adjacent to an activating group) is 1. The van der Waals surface area contributed by atoms with Crippen molar-refractivity contribution in [3.8, 4) is 0 Å². The number of aromatic carboxylic acids is 1. The highest BCUT2D eigenvalue weighted by Crippen LogP contribution is 2.31. The first-order valence-corrected chi connectivity index (χ1v) is 4.81. The van der Waals surface area contributed by atoms with Crippen molar-refractivity contribution < 1.29 is 14.8 Å². The smallest absolute Gasteiger partial charge is 0.338 e. The highest BCUT2D eigenvalue weighted by molar-refractivity contribution is 5.97. The third-order valence-corrected chi connectivity index (χ3v) is 2.23. The third-order valence-electron chi connectivity index (χ3n) is 2.23. The van der Waals surface area contributed by atoms with Crippen LogP contribution in [0.4, 0.5) is 11.4 Å². The van der Waals surface area contributed by atoms with Crippen LogP contribution in [-0.4, -0.2) is 29.6 Å². The van der Waals surface area contributed by atoms with Gasteiger partial charge >= 0.3 is 5.97 Å². The first kappa shape index (κ1) is 12.7. The Kier molecular flexibility index (Phi) is 3.82. The van der Waals surface area contributed by atoms with Crippen LogP contribution in [-0.2, 0) is 0 Å². The van der Waals surface area contributed by atoms with E-state index in [0.29, 0.717) is 6.54 Å². The number of nitro benzene ring substituents is 1. The summed E-state index contributed by atoms with van der Waals surface area (Å²) in [6.45, 7) is 3.84. The molecular weight excluding hydrogens is 224 g/mol. The van der Waals surface area contributed by atoms with Crippen LogP contribution < -0.4 is 4.90 Å². The molecular formula is C11H12N2O4. The summed E-state index contributed by atoms with van der Waals surface area (Å²) in [7, 11) is 1.58. The van der Waals surface area contributed by atoms with E-state index in [0.717, 1.165) is 0 Å². The minimum Gasteiger partial charge on any atom is -0.478 e. The molecule has 0 radical (unpaired) electrons. The van der Waals surface area contributed by atoms with Gasteiger partial charge in [0.25, 0.3) is 5.69 Å². The highest BCUT2D eigenvalue weighted by Gasteiger charge is 2.23. The predicted octanol–water partition coefficient (Wildman–Crippen LogP) is 1.92. The van der Waals surface area contributed by atoms with Crippen LogP contribution in [0.1, 0.15) is 10.4 Å². The summed E-state index contributed by atoms with van der Waals surface area (Å²) >= 11 is 0. The van der Waals surface area contributed by atoms with Crippen LogP contribution in [0.15, 0.2) is 30.9 Å². The lowest BCUT2D eigenvalue weighted by Gasteiger charge is -2.18. The number of nitrogens with zero attached hydrogens (tertiary/aromatic N) is 2. The summed E-state index contributed by atoms with van der Waals surface area (Å²) in [5, 5.41) is 19.9. The van der Waals surface area contributed by atoms with Crippen LogP contribution in [0.2, 0.25) is 0 Å². The number of nitro groups is 1. The second-order valence-corrected chi connectivity index (χ2v) is 3.40. The fraction of sp³-hybridized carbons (Fsp3) is 0.182. The molecule has 0 aliphatic heterocycles. The number of carbonyl (C=O) groups is 1. The molecule has 0 saturated heterocycles. The second-order valence-electron chi connectivity index (χ2n) is 3.40. The molecule has 0 spiro atoms. The van der Waals surface area contributed by atoms with Crippen molar-refractivity contribution in [3.05, 3.63) is 46.5 Å². The molecule has 90 valence electrons. The first-order chi connectivity index (χ1) is 7.99. The Bertz CT molecular complexity index is 438. The minimum atomic E-state index is -1.19. The molecule has 0 fully saturated rings. The molecule has 0 bridgehead atoms. The van der Waals surface area contributed by atoms with E-state index in [9.17, 15) is 14.9 Å². The van der Waals surface area contributed by atoms with Gasteiger partial charge in [-0.2, -0.15) is 0 Å². The van der Waals surface area contributed by atoms with E-state index in [1.165, 1.54) is 23.1 Å². The maximum atomic E-state index is 11.0. The Balaban J connectivity index is 3.43. The van der Waals surface area contributed by atoms with Gasteiger partial charge in [-0.1, -0.05) is 12.1 Å². The molecule has 6 nitrogen and oxygen atoms in total. The first-order valence-electron chi connectivity index (χ1n) is 4.81. The van der Waals surface area contributed by atoms with Gasteiger partial charge in [0.15, 0.2) is 0 Å². The zero-order chi connectivity index (χ0) is 13.0. The molecule has 6 heteroatoms. The van der Waals surface area contributed by atoms with Crippen molar-refractivity contribution in [1.82, 2.24) is 0 Å². The lowest BCUT2D eigenvalue weighted by Crippen LogP contribution is -2.21. The Morgan fingerprint density at radius 2 is 2.29 bits per heavy atom. The number of carboxylic acid groups (broad SMARTS) is 1. The molecule has 17 heavy (non-hydrogen) atoms. The molecule has 0 aliphatic rings. The SMILES string of the molecule is C=CCN(C)c1c(C(=O)O)cccc1[N+](=O)[O-]. The molecule has 0 aromatic heterocycles. The van der Waals surface area contributed by atoms with Gasteiger partial charge in [-0.3, -0.25) is 10.1 Å². The van der Waals surface area contributed by atoms with Gasteiger partial charge in [-0.25, -0.2) is 4.79 Å². The quantitative estimate of drug-likeness (QED) is 0.479.